The highest BCUT2D eigenvalue weighted by molar-refractivity contribution is 7.92. The van der Waals surface area contributed by atoms with Crippen molar-refractivity contribution in [2.75, 3.05) is 40.7 Å². The molecule has 0 spiro atoms. The smallest absolute Gasteiger partial charge is 0.478 e. The first-order valence-electron chi connectivity index (χ1n) is 11.9. The number of pyridine rings is 1. The van der Waals surface area contributed by atoms with Crippen molar-refractivity contribution in [1.82, 2.24) is 4.98 Å². The van der Waals surface area contributed by atoms with Crippen molar-refractivity contribution >= 4 is 39.2 Å². The molecule has 14 heteroatoms. The number of hydrogen-bond acceptors (Lipinski definition) is 7. The number of rotatable bonds is 6. The zero-order valence-electron chi connectivity index (χ0n) is 21.5. The Kier molecular flexibility index (Phi) is 9.24. The first-order valence-corrected chi connectivity index (χ1v) is 13.4. The molecule has 2 aromatic carbocycles. The number of aliphatic carboxylic acids is 1. The molecule has 1 fully saturated rings. The van der Waals surface area contributed by atoms with Crippen molar-refractivity contribution in [1.29, 1.82) is 0 Å². The van der Waals surface area contributed by atoms with Gasteiger partial charge in [-0.1, -0.05) is 18.2 Å². The summed E-state index contributed by atoms with van der Waals surface area (Å²) < 4.78 is 60.9. The van der Waals surface area contributed by atoms with Crippen LogP contribution < -0.4 is 14.5 Å². The number of sulfonamides is 1. The van der Waals surface area contributed by atoms with Crippen LogP contribution in [0.15, 0.2) is 65.7 Å². The van der Waals surface area contributed by atoms with Crippen molar-refractivity contribution in [3.8, 4) is 0 Å². The highest BCUT2D eigenvalue weighted by Crippen LogP contribution is 2.31. The van der Waals surface area contributed by atoms with Gasteiger partial charge in [0.25, 0.3) is 10.0 Å². The summed E-state index contributed by atoms with van der Waals surface area (Å²) in [7, 11) is -3.91. The number of anilines is 3. The van der Waals surface area contributed by atoms with Gasteiger partial charge in [0.05, 0.1) is 21.8 Å². The van der Waals surface area contributed by atoms with Crippen LogP contribution in [0.5, 0.6) is 0 Å². The standard InChI is InChI=1S/C24H26N4O4S.C2HF3O2/c1-17-6-7-18(2)22(15-17)33(31,32)26-20-16-19(24(29)30)8-9-21(20)27-11-13-28(14-12-27)23-5-3-4-10-25-23;3-2(4,5)1(6)7/h3-10,15-16,26H,11-14H2,1-2H3,(H,29,30);(H,6,7). The van der Waals surface area contributed by atoms with Crippen LogP contribution in [-0.2, 0) is 14.8 Å². The third-order valence-electron chi connectivity index (χ3n) is 5.96. The highest BCUT2D eigenvalue weighted by Gasteiger charge is 2.38. The van der Waals surface area contributed by atoms with Crippen LogP contribution in [0.1, 0.15) is 21.5 Å². The number of hydrogen-bond donors (Lipinski definition) is 3. The second-order valence-corrected chi connectivity index (χ2v) is 10.5. The van der Waals surface area contributed by atoms with Gasteiger partial charge >= 0.3 is 18.1 Å². The van der Waals surface area contributed by atoms with E-state index < -0.39 is 28.1 Å². The highest BCUT2D eigenvalue weighted by atomic mass is 32.2. The van der Waals surface area contributed by atoms with Crippen LogP contribution in [0.2, 0.25) is 0 Å². The van der Waals surface area contributed by atoms with Gasteiger partial charge in [0, 0.05) is 32.4 Å². The molecule has 214 valence electrons. The molecule has 0 atom stereocenters. The summed E-state index contributed by atoms with van der Waals surface area (Å²) in [6.45, 7) is 6.26. The van der Waals surface area contributed by atoms with E-state index in [2.05, 4.69) is 19.5 Å². The summed E-state index contributed by atoms with van der Waals surface area (Å²) in [5, 5.41) is 16.6. The Bertz CT molecular complexity index is 1480. The van der Waals surface area contributed by atoms with E-state index >= 15 is 0 Å². The van der Waals surface area contributed by atoms with Gasteiger partial charge in [-0.15, -0.1) is 0 Å². The van der Waals surface area contributed by atoms with Gasteiger partial charge in [-0.05, 0) is 61.4 Å². The maximum Gasteiger partial charge on any atom is 0.490 e. The lowest BCUT2D eigenvalue weighted by molar-refractivity contribution is -0.192. The summed E-state index contributed by atoms with van der Waals surface area (Å²) in [4.78, 5) is 29.3. The van der Waals surface area contributed by atoms with Gasteiger partial charge in [-0.25, -0.2) is 23.0 Å². The molecular formula is C26H27F3N4O6S. The second kappa shape index (κ2) is 12.2. The fourth-order valence-corrected chi connectivity index (χ4v) is 5.34. The number of halogens is 3. The number of nitrogens with one attached hydrogen (secondary N) is 1. The number of carboxylic acid groups (broad SMARTS) is 2. The van der Waals surface area contributed by atoms with Crippen molar-refractivity contribution in [2.45, 2.75) is 24.9 Å². The van der Waals surface area contributed by atoms with E-state index in [0.29, 0.717) is 37.4 Å². The van der Waals surface area contributed by atoms with Crippen LogP contribution in [0.4, 0.5) is 30.4 Å². The van der Waals surface area contributed by atoms with Gasteiger partial charge < -0.3 is 20.0 Å². The summed E-state index contributed by atoms with van der Waals surface area (Å²) in [5.41, 5.74) is 2.36. The Hall–Kier alpha value is -4.33. The average Bonchev–Trinajstić information content (AvgIpc) is 2.90. The van der Waals surface area contributed by atoms with E-state index in [0.717, 1.165) is 11.4 Å². The number of carbonyl (C=O) groups is 2. The van der Waals surface area contributed by atoms with Gasteiger partial charge in [-0.3, -0.25) is 4.72 Å². The fourth-order valence-electron chi connectivity index (χ4n) is 3.94. The molecule has 0 saturated carbocycles. The van der Waals surface area contributed by atoms with E-state index in [-0.39, 0.29) is 16.1 Å². The Labute approximate surface area is 228 Å². The van der Waals surface area contributed by atoms with Crippen LogP contribution in [0.25, 0.3) is 0 Å². The Morgan fingerprint density at radius 2 is 1.55 bits per heavy atom. The van der Waals surface area contributed by atoms with Crippen molar-refractivity contribution in [3.05, 3.63) is 77.5 Å². The van der Waals surface area contributed by atoms with Crippen molar-refractivity contribution < 1.29 is 41.4 Å². The van der Waals surface area contributed by atoms with Crippen LogP contribution in [-0.4, -0.2) is 67.9 Å². The molecule has 0 unspecified atom stereocenters. The number of aromatic nitrogens is 1. The predicted octanol–water partition coefficient (Wildman–Crippen LogP) is 4.16. The molecule has 10 nitrogen and oxygen atoms in total. The van der Waals surface area contributed by atoms with E-state index in [1.165, 1.54) is 12.1 Å². The average molecular weight is 581 g/mol. The maximum atomic E-state index is 13.2. The molecule has 4 rings (SSSR count). The second-order valence-electron chi connectivity index (χ2n) is 8.88. The first kappa shape index (κ1) is 30.2. The lowest BCUT2D eigenvalue weighted by Crippen LogP contribution is -2.47. The zero-order chi connectivity index (χ0) is 29.7. The van der Waals surface area contributed by atoms with E-state index in [1.54, 1.807) is 31.3 Å². The number of nitrogens with zero attached hydrogens (tertiary/aromatic N) is 3. The third kappa shape index (κ3) is 7.62. The zero-order valence-corrected chi connectivity index (χ0v) is 22.3. The topological polar surface area (TPSA) is 140 Å². The third-order valence-corrected chi connectivity index (χ3v) is 7.46. The maximum absolute atomic E-state index is 13.2. The summed E-state index contributed by atoms with van der Waals surface area (Å²) in [6, 6.07) is 15.6. The molecule has 2 heterocycles. The molecule has 40 heavy (non-hydrogen) atoms. The largest absolute Gasteiger partial charge is 0.490 e. The molecule has 0 aliphatic carbocycles. The lowest BCUT2D eigenvalue weighted by atomic mass is 10.1. The minimum absolute atomic E-state index is 0.0181. The molecule has 1 saturated heterocycles. The number of benzene rings is 2. The predicted molar refractivity (Wildman–Crippen MR) is 142 cm³/mol. The summed E-state index contributed by atoms with van der Waals surface area (Å²) >= 11 is 0. The van der Waals surface area contributed by atoms with Gasteiger partial charge in [-0.2, -0.15) is 13.2 Å². The van der Waals surface area contributed by atoms with Crippen molar-refractivity contribution in [3.63, 3.8) is 0 Å². The SMILES string of the molecule is Cc1ccc(C)c(S(=O)(=O)Nc2cc(C(=O)O)ccc2N2CCN(c3ccccn3)CC2)c1.O=C(O)C(F)(F)F. The number of alkyl halides is 3. The summed E-state index contributed by atoms with van der Waals surface area (Å²) in [6.07, 6.45) is -3.33. The quantitative estimate of drug-likeness (QED) is 0.392. The monoisotopic (exact) mass is 580 g/mol. The van der Waals surface area contributed by atoms with Crippen LogP contribution in [0, 0.1) is 13.8 Å². The number of piperazine rings is 1. The first-order chi connectivity index (χ1) is 18.7. The number of aryl methyl sites for hydroxylation is 2. The van der Waals surface area contributed by atoms with E-state index in [9.17, 15) is 31.5 Å². The molecule has 1 aliphatic rings. The van der Waals surface area contributed by atoms with E-state index in [1.807, 2.05) is 31.2 Å². The lowest BCUT2D eigenvalue weighted by Gasteiger charge is -2.37. The Morgan fingerprint density at radius 3 is 2.10 bits per heavy atom. The van der Waals surface area contributed by atoms with Crippen LogP contribution >= 0.6 is 0 Å². The minimum atomic E-state index is -5.08. The normalized spacial score (nSPS) is 13.7. The van der Waals surface area contributed by atoms with Gasteiger partial charge in [0.2, 0.25) is 0 Å². The molecule has 0 radical (unpaired) electrons. The van der Waals surface area contributed by atoms with Crippen LogP contribution in [0.3, 0.4) is 0 Å². The Morgan fingerprint density at radius 1 is 0.925 bits per heavy atom. The molecular weight excluding hydrogens is 553 g/mol. The van der Waals surface area contributed by atoms with Gasteiger partial charge in [0.15, 0.2) is 0 Å². The molecule has 0 bridgehead atoms. The Balaban J connectivity index is 0.000000559. The minimum Gasteiger partial charge on any atom is -0.478 e. The number of carboxylic acids is 2. The molecule has 3 N–H and O–H groups in total. The molecule has 1 aromatic heterocycles. The fraction of sp³-hybridized carbons (Fsp3) is 0.269. The molecule has 0 amide bonds. The molecule has 3 aromatic rings. The summed E-state index contributed by atoms with van der Waals surface area (Å²) in [5.74, 6) is -2.98. The molecule has 1 aliphatic heterocycles. The van der Waals surface area contributed by atoms with E-state index in [4.69, 9.17) is 9.90 Å². The number of aromatic carboxylic acids is 1. The van der Waals surface area contributed by atoms with Crippen molar-refractivity contribution in [2.24, 2.45) is 0 Å². The van der Waals surface area contributed by atoms with Gasteiger partial charge in [0.1, 0.15) is 5.82 Å².